The summed E-state index contributed by atoms with van der Waals surface area (Å²) in [5.74, 6) is 0. The van der Waals surface area contributed by atoms with E-state index < -0.39 is 0 Å². The largest absolute Gasteiger partial charge is 0.319 e. The molecule has 4 heteroatoms. The SMILES string of the molecule is [C-]#[N+]c1cc(-n2c3ccccc3c3cc4c5ccccc5c5ccccc5c4cc32)c(C#N)cc1-n1c2ccccc2c2cc3c4ccccc4c4ccccc4c3cc21. The van der Waals surface area contributed by atoms with Gasteiger partial charge in [0.05, 0.1) is 45.6 Å². The Morgan fingerprint density at radius 3 is 1.05 bits per heavy atom. The van der Waals surface area contributed by atoms with Gasteiger partial charge in [-0.05, 0) is 113 Å². The summed E-state index contributed by atoms with van der Waals surface area (Å²) in [4.78, 5) is 4.23. The monoisotopic (exact) mass is 758 g/mol. The smallest absolute Gasteiger partial charge is 0.212 e. The van der Waals surface area contributed by atoms with Gasteiger partial charge in [-0.1, -0.05) is 133 Å². The number of nitriles is 1. The Morgan fingerprint density at radius 2 is 0.667 bits per heavy atom. The first-order chi connectivity index (χ1) is 29.7. The molecule has 0 saturated heterocycles. The highest BCUT2D eigenvalue weighted by atomic mass is 15.0. The van der Waals surface area contributed by atoms with Crippen LogP contribution < -0.4 is 0 Å². The maximum absolute atomic E-state index is 11.1. The topological polar surface area (TPSA) is 38.0 Å². The molecule has 274 valence electrons. The first-order valence-corrected chi connectivity index (χ1v) is 20.2. The average molecular weight is 759 g/mol. The van der Waals surface area contributed by atoms with Crippen LogP contribution in [0.3, 0.4) is 0 Å². The number of nitrogens with zero attached hydrogens (tertiary/aromatic N) is 4. The van der Waals surface area contributed by atoms with E-state index in [1.807, 2.05) is 18.2 Å². The van der Waals surface area contributed by atoms with Crippen LogP contribution in [0, 0.1) is 17.9 Å². The van der Waals surface area contributed by atoms with Crippen LogP contribution in [0.4, 0.5) is 5.69 Å². The Hall–Kier alpha value is -8.44. The highest BCUT2D eigenvalue weighted by molar-refractivity contribution is 6.30. The van der Waals surface area contributed by atoms with Crippen molar-refractivity contribution in [3.8, 4) is 17.4 Å². The van der Waals surface area contributed by atoms with E-state index in [0.29, 0.717) is 22.6 Å². The molecule has 2 heterocycles. The molecule has 13 rings (SSSR count). The van der Waals surface area contributed by atoms with Gasteiger partial charge in [-0.15, -0.1) is 0 Å². The Bertz CT molecular complexity index is 3880. The molecule has 0 unspecified atom stereocenters. The molecule has 2 aromatic heterocycles. The number of para-hydroxylation sites is 2. The lowest BCUT2D eigenvalue weighted by Crippen LogP contribution is -2.01. The van der Waals surface area contributed by atoms with Gasteiger partial charge in [-0.25, -0.2) is 4.85 Å². The lowest BCUT2D eigenvalue weighted by atomic mass is 9.93. The maximum Gasteiger partial charge on any atom is 0.212 e. The van der Waals surface area contributed by atoms with Crippen molar-refractivity contribution in [1.29, 1.82) is 5.26 Å². The summed E-state index contributed by atoms with van der Waals surface area (Å²) < 4.78 is 4.39. The lowest BCUT2D eigenvalue weighted by Gasteiger charge is -2.17. The number of benzene rings is 11. The molecule has 0 aliphatic carbocycles. The number of aromatic nitrogens is 2. The van der Waals surface area contributed by atoms with Crippen molar-refractivity contribution in [3.63, 3.8) is 0 Å². The Morgan fingerprint density at radius 1 is 0.333 bits per heavy atom. The molecule has 0 saturated carbocycles. The predicted molar refractivity (Wildman–Crippen MR) is 251 cm³/mol. The second-order valence-corrected chi connectivity index (χ2v) is 15.8. The van der Waals surface area contributed by atoms with E-state index in [0.717, 1.165) is 54.4 Å². The number of hydrogen-bond donors (Lipinski definition) is 0. The standard InChI is InChI=1S/C56H30N4/c1-58-50-31-53(59-51-24-12-10-22-42(51)48-27-44-38-18-6-2-14-34(38)36-16-4-8-20-40(36)46(44)29-54(48)59)33(32-57)26-56(50)60-52-25-13-11-23-43(52)49-28-45-39-19-7-3-15-35(39)37-17-5-9-21-41(37)47(45)30-55(49)60/h2-31H. The van der Waals surface area contributed by atoms with Crippen molar-refractivity contribution in [1.82, 2.24) is 9.13 Å². The number of hydrogen-bond acceptors (Lipinski definition) is 1. The fourth-order valence-electron chi connectivity index (χ4n) is 10.4. The van der Waals surface area contributed by atoms with Gasteiger partial charge in [-0.3, -0.25) is 0 Å². The Kier molecular flexibility index (Phi) is 6.55. The van der Waals surface area contributed by atoms with Crippen molar-refractivity contribution >= 4 is 114 Å². The van der Waals surface area contributed by atoms with E-state index in [2.05, 4.69) is 184 Å². The third-order valence-corrected chi connectivity index (χ3v) is 12.9. The van der Waals surface area contributed by atoms with E-state index >= 15 is 0 Å². The molecule has 0 aliphatic heterocycles. The van der Waals surface area contributed by atoms with Crippen LogP contribution in [0.5, 0.6) is 0 Å². The van der Waals surface area contributed by atoms with Crippen LogP contribution >= 0.6 is 0 Å². The van der Waals surface area contributed by atoms with Crippen molar-refractivity contribution in [2.75, 3.05) is 0 Å². The zero-order valence-electron chi connectivity index (χ0n) is 32.1. The highest BCUT2D eigenvalue weighted by Gasteiger charge is 2.23. The van der Waals surface area contributed by atoms with Gasteiger partial charge < -0.3 is 9.13 Å². The zero-order valence-corrected chi connectivity index (χ0v) is 32.1. The molecule has 0 atom stereocenters. The molecule has 0 amide bonds. The Labute approximate surface area is 343 Å². The van der Waals surface area contributed by atoms with E-state index in [1.54, 1.807) is 0 Å². The van der Waals surface area contributed by atoms with Crippen LogP contribution in [0.1, 0.15) is 5.56 Å². The normalized spacial score (nSPS) is 12.0. The highest BCUT2D eigenvalue weighted by Crippen LogP contribution is 2.45. The van der Waals surface area contributed by atoms with Crippen LogP contribution in [-0.2, 0) is 0 Å². The fraction of sp³-hybridized carbons (Fsp3) is 0. The first-order valence-electron chi connectivity index (χ1n) is 20.2. The van der Waals surface area contributed by atoms with Crippen molar-refractivity contribution < 1.29 is 0 Å². The van der Waals surface area contributed by atoms with Crippen LogP contribution in [0.25, 0.3) is 124 Å². The summed E-state index contributed by atoms with van der Waals surface area (Å²) in [6.45, 7) is 8.70. The number of rotatable bonds is 2. The molecule has 13 aromatic rings. The third kappa shape index (κ3) is 4.26. The third-order valence-electron chi connectivity index (χ3n) is 12.9. The van der Waals surface area contributed by atoms with E-state index in [1.165, 1.54) is 53.9 Å². The van der Waals surface area contributed by atoms with Gasteiger partial charge in [0, 0.05) is 21.5 Å². The van der Waals surface area contributed by atoms with Crippen molar-refractivity contribution in [2.45, 2.75) is 0 Å². The molecule has 11 aromatic carbocycles. The minimum atomic E-state index is 0.471. The Balaban J connectivity index is 1.13. The van der Waals surface area contributed by atoms with Gasteiger partial charge in [0.25, 0.3) is 0 Å². The molecule has 0 bridgehead atoms. The summed E-state index contributed by atoms with van der Waals surface area (Å²) in [7, 11) is 0. The van der Waals surface area contributed by atoms with Gasteiger partial charge in [0.15, 0.2) is 0 Å². The summed E-state index contributed by atoms with van der Waals surface area (Å²) in [5, 5.41) is 29.9. The lowest BCUT2D eigenvalue weighted by molar-refractivity contribution is 1.14. The van der Waals surface area contributed by atoms with Gasteiger partial charge in [-0.2, -0.15) is 5.26 Å². The quantitative estimate of drug-likeness (QED) is 0.128. The second-order valence-electron chi connectivity index (χ2n) is 15.8. The minimum Gasteiger partial charge on any atom is -0.319 e. The summed E-state index contributed by atoms with van der Waals surface area (Å²) in [6, 6.07) is 67.0. The fourth-order valence-corrected chi connectivity index (χ4v) is 10.4. The second kappa shape index (κ2) is 12.0. The van der Waals surface area contributed by atoms with Crippen LogP contribution in [-0.4, -0.2) is 9.13 Å². The van der Waals surface area contributed by atoms with Crippen LogP contribution in [0.2, 0.25) is 0 Å². The number of fused-ring (bicyclic) bond motifs is 18. The molecular formula is C56H30N4. The predicted octanol–water partition coefficient (Wildman–Crippen LogP) is 15.2. The van der Waals surface area contributed by atoms with Gasteiger partial charge in [0.2, 0.25) is 5.69 Å². The van der Waals surface area contributed by atoms with Gasteiger partial charge in [0.1, 0.15) is 6.07 Å². The van der Waals surface area contributed by atoms with Crippen molar-refractivity contribution in [3.05, 3.63) is 199 Å². The average Bonchev–Trinajstić information content (AvgIpc) is 3.81. The van der Waals surface area contributed by atoms with Gasteiger partial charge >= 0.3 is 0 Å². The van der Waals surface area contributed by atoms with E-state index in [-0.39, 0.29) is 0 Å². The van der Waals surface area contributed by atoms with Crippen molar-refractivity contribution in [2.24, 2.45) is 0 Å². The molecule has 0 spiro atoms. The first kappa shape index (κ1) is 32.6. The molecular weight excluding hydrogens is 729 g/mol. The molecule has 60 heavy (non-hydrogen) atoms. The zero-order chi connectivity index (χ0) is 39.6. The molecule has 0 radical (unpaired) electrons. The summed E-state index contributed by atoms with van der Waals surface area (Å²) >= 11 is 0. The maximum atomic E-state index is 11.1. The summed E-state index contributed by atoms with van der Waals surface area (Å²) in [5.41, 5.74) is 6.29. The molecule has 0 fully saturated rings. The molecule has 0 aliphatic rings. The summed E-state index contributed by atoms with van der Waals surface area (Å²) in [6.07, 6.45) is 0. The van der Waals surface area contributed by atoms with E-state index in [9.17, 15) is 5.26 Å². The van der Waals surface area contributed by atoms with E-state index in [4.69, 9.17) is 6.57 Å². The molecule has 4 nitrogen and oxygen atoms in total. The minimum absolute atomic E-state index is 0.471. The molecule has 0 N–H and O–H groups in total. The van der Waals surface area contributed by atoms with Crippen LogP contribution in [0.15, 0.2) is 182 Å².